The van der Waals surface area contributed by atoms with Gasteiger partial charge in [0.1, 0.15) is 0 Å². The van der Waals surface area contributed by atoms with Gasteiger partial charge in [0.15, 0.2) is 0 Å². The Morgan fingerprint density at radius 3 is 1.39 bits per heavy atom. The average Bonchev–Trinajstić information content (AvgIpc) is 3.13. The van der Waals surface area contributed by atoms with Crippen LogP contribution in [0.1, 0.15) is 213 Å². The number of hydrogen-bond acceptors (Lipinski definition) is 5. The Morgan fingerprint density at radius 2 is 0.922 bits per heavy atom. The maximum absolute atomic E-state index is 12.3. The summed E-state index contributed by atoms with van der Waals surface area (Å²) < 4.78 is 5.41. The number of rotatable bonds is 39. The topological polar surface area (TPSA) is 95.9 Å². The van der Waals surface area contributed by atoms with E-state index >= 15 is 0 Å². The van der Waals surface area contributed by atoms with Crippen molar-refractivity contribution in [3.05, 3.63) is 36.5 Å². The van der Waals surface area contributed by atoms with Gasteiger partial charge in [0, 0.05) is 12.8 Å². The van der Waals surface area contributed by atoms with Crippen LogP contribution in [-0.4, -0.2) is 47.4 Å². The fraction of sp³-hybridized carbons (Fsp3) is 0.822. The monoisotopic (exact) mass is 718 g/mol. The van der Waals surface area contributed by atoms with Gasteiger partial charge in [0.2, 0.25) is 5.91 Å². The van der Waals surface area contributed by atoms with Crippen LogP contribution in [0.15, 0.2) is 36.5 Å². The van der Waals surface area contributed by atoms with Gasteiger partial charge in [0.05, 0.1) is 25.4 Å². The van der Waals surface area contributed by atoms with E-state index < -0.39 is 12.1 Å². The van der Waals surface area contributed by atoms with Crippen LogP contribution >= 0.6 is 0 Å². The van der Waals surface area contributed by atoms with Gasteiger partial charge in [-0.25, -0.2) is 0 Å². The second kappa shape index (κ2) is 40.8. The van der Waals surface area contributed by atoms with E-state index in [4.69, 9.17) is 4.74 Å². The van der Waals surface area contributed by atoms with Crippen molar-refractivity contribution in [2.24, 2.45) is 0 Å². The van der Waals surface area contributed by atoms with Crippen LogP contribution in [0.25, 0.3) is 0 Å². The molecule has 6 nitrogen and oxygen atoms in total. The molecule has 0 saturated heterocycles. The molecule has 0 radical (unpaired) electrons. The molecular formula is C45H83NO5. The van der Waals surface area contributed by atoms with Crippen molar-refractivity contribution < 1.29 is 24.5 Å². The first-order valence-corrected chi connectivity index (χ1v) is 21.8. The molecule has 51 heavy (non-hydrogen) atoms. The van der Waals surface area contributed by atoms with Crippen molar-refractivity contribution in [3.8, 4) is 0 Å². The van der Waals surface area contributed by atoms with Crippen molar-refractivity contribution in [2.45, 2.75) is 225 Å². The van der Waals surface area contributed by atoms with Crippen LogP contribution in [0.5, 0.6) is 0 Å². The highest BCUT2D eigenvalue weighted by Crippen LogP contribution is 2.12. The number of amides is 1. The van der Waals surface area contributed by atoms with Crippen LogP contribution < -0.4 is 5.32 Å². The van der Waals surface area contributed by atoms with Gasteiger partial charge >= 0.3 is 5.97 Å². The van der Waals surface area contributed by atoms with Crippen LogP contribution in [-0.2, 0) is 14.3 Å². The lowest BCUT2D eigenvalue weighted by molar-refractivity contribution is -0.143. The van der Waals surface area contributed by atoms with Crippen molar-refractivity contribution in [1.29, 1.82) is 0 Å². The molecule has 1 amide bonds. The number of unbranched alkanes of at least 4 members (excludes halogenated alkanes) is 24. The minimum atomic E-state index is -0.864. The van der Waals surface area contributed by atoms with E-state index in [-0.39, 0.29) is 18.5 Å². The zero-order chi connectivity index (χ0) is 37.3. The fourth-order valence-corrected chi connectivity index (χ4v) is 6.21. The summed E-state index contributed by atoms with van der Waals surface area (Å²) >= 11 is 0. The van der Waals surface area contributed by atoms with E-state index in [0.29, 0.717) is 19.4 Å². The number of hydrogen-bond donors (Lipinski definition) is 3. The molecule has 2 unspecified atom stereocenters. The number of ether oxygens (including phenoxy) is 1. The Morgan fingerprint density at radius 1 is 0.529 bits per heavy atom. The summed E-state index contributed by atoms with van der Waals surface area (Å²) in [5.74, 6) is -0.157. The lowest BCUT2D eigenvalue weighted by Crippen LogP contribution is -2.45. The van der Waals surface area contributed by atoms with Crippen molar-refractivity contribution in [1.82, 2.24) is 5.32 Å². The molecule has 2 atom stereocenters. The zero-order valence-electron chi connectivity index (χ0n) is 33.6. The van der Waals surface area contributed by atoms with E-state index in [1.165, 1.54) is 109 Å². The van der Waals surface area contributed by atoms with Gasteiger partial charge in [0.25, 0.3) is 0 Å². The van der Waals surface area contributed by atoms with E-state index in [9.17, 15) is 19.8 Å². The Hall–Kier alpha value is -1.92. The van der Waals surface area contributed by atoms with Crippen LogP contribution in [0.4, 0.5) is 0 Å². The van der Waals surface area contributed by atoms with Crippen molar-refractivity contribution in [2.75, 3.05) is 13.2 Å². The SMILES string of the molecule is CCCCCCC/C=C\CCCCCCCC(=O)OCCCC/C=C\CCCCCCC(=O)NC(CO)C(O)/C=C/CCCCCCCCCC. The Balaban J connectivity index is 3.58. The van der Waals surface area contributed by atoms with E-state index in [1.807, 2.05) is 6.08 Å². The number of aliphatic hydroxyl groups is 2. The van der Waals surface area contributed by atoms with Gasteiger partial charge in [-0.3, -0.25) is 9.59 Å². The minimum absolute atomic E-state index is 0.0487. The van der Waals surface area contributed by atoms with Gasteiger partial charge in [-0.05, 0) is 83.5 Å². The van der Waals surface area contributed by atoms with Crippen molar-refractivity contribution in [3.63, 3.8) is 0 Å². The normalized spacial score (nSPS) is 13.1. The molecule has 0 aromatic carbocycles. The molecule has 0 heterocycles. The van der Waals surface area contributed by atoms with Crippen LogP contribution in [0.3, 0.4) is 0 Å². The molecular weight excluding hydrogens is 634 g/mol. The van der Waals surface area contributed by atoms with E-state index in [0.717, 1.165) is 77.0 Å². The Kier molecular flexibility index (Phi) is 39.3. The maximum atomic E-state index is 12.3. The second-order valence-electron chi connectivity index (χ2n) is 14.7. The summed E-state index contributed by atoms with van der Waals surface area (Å²) in [5, 5.41) is 22.8. The lowest BCUT2D eigenvalue weighted by atomic mass is 10.1. The molecule has 6 heteroatoms. The molecule has 0 saturated carbocycles. The molecule has 0 aromatic rings. The number of esters is 1. The smallest absolute Gasteiger partial charge is 0.305 e. The van der Waals surface area contributed by atoms with Gasteiger partial charge < -0.3 is 20.3 Å². The number of aliphatic hydroxyl groups excluding tert-OH is 2. The van der Waals surface area contributed by atoms with Gasteiger partial charge in [-0.1, -0.05) is 153 Å². The summed E-state index contributed by atoms with van der Waals surface area (Å²) in [4.78, 5) is 24.3. The molecule has 0 aliphatic rings. The van der Waals surface area contributed by atoms with E-state index in [1.54, 1.807) is 6.08 Å². The fourth-order valence-electron chi connectivity index (χ4n) is 6.21. The molecule has 0 aliphatic heterocycles. The number of nitrogens with one attached hydrogen (secondary N) is 1. The highest BCUT2D eigenvalue weighted by molar-refractivity contribution is 5.76. The molecule has 0 aliphatic carbocycles. The standard InChI is InChI=1S/C45H83NO5/c1-3-5-7-9-11-13-15-16-17-18-23-27-31-35-39-45(50)51-40-36-32-28-24-20-19-22-26-30-34-38-44(49)46-42(41-47)43(48)37-33-29-25-21-14-12-10-8-6-4-2/h15-16,20,24,33,37,42-43,47-48H,3-14,17-19,21-23,25-32,34-36,38-41H2,1-2H3,(H,46,49)/b16-15-,24-20-,37-33+. The van der Waals surface area contributed by atoms with E-state index in [2.05, 4.69) is 43.5 Å². The summed E-state index contributed by atoms with van der Waals surface area (Å²) in [6.07, 6.45) is 47.0. The average molecular weight is 718 g/mol. The third kappa shape index (κ3) is 37.6. The van der Waals surface area contributed by atoms with Crippen LogP contribution in [0.2, 0.25) is 0 Å². The number of allylic oxidation sites excluding steroid dienone is 5. The summed E-state index contributed by atoms with van der Waals surface area (Å²) in [6.45, 7) is 4.75. The summed E-state index contributed by atoms with van der Waals surface area (Å²) in [5.41, 5.74) is 0. The molecule has 0 aromatic heterocycles. The quantitative estimate of drug-likeness (QED) is 0.0334. The molecule has 0 fully saturated rings. The third-order valence-corrected chi connectivity index (χ3v) is 9.63. The molecule has 0 spiro atoms. The first-order valence-electron chi connectivity index (χ1n) is 21.8. The van der Waals surface area contributed by atoms with Crippen molar-refractivity contribution >= 4 is 11.9 Å². The number of carbonyl (C=O) groups excluding carboxylic acids is 2. The Bertz CT molecular complexity index is 838. The lowest BCUT2D eigenvalue weighted by Gasteiger charge is -2.20. The Labute approximate surface area is 315 Å². The first kappa shape index (κ1) is 49.1. The highest BCUT2D eigenvalue weighted by atomic mass is 16.5. The molecule has 3 N–H and O–H groups in total. The predicted octanol–water partition coefficient (Wildman–Crippen LogP) is 12.2. The maximum Gasteiger partial charge on any atom is 0.305 e. The molecule has 0 rings (SSSR count). The second-order valence-corrected chi connectivity index (χ2v) is 14.7. The first-order chi connectivity index (χ1) is 25.0. The third-order valence-electron chi connectivity index (χ3n) is 9.63. The minimum Gasteiger partial charge on any atom is -0.466 e. The predicted molar refractivity (Wildman–Crippen MR) is 218 cm³/mol. The summed E-state index contributed by atoms with van der Waals surface area (Å²) in [7, 11) is 0. The molecule has 298 valence electrons. The summed E-state index contributed by atoms with van der Waals surface area (Å²) in [6, 6.07) is -0.651. The highest BCUT2D eigenvalue weighted by Gasteiger charge is 2.17. The molecule has 0 bridgehead atoms. The number of carbonyl (C=O) groups is 2. The zero-order valence-corrected chi connectivity index (χ0v) is 33.6. The van der Waals surface area contributed by atoms with Gasteiger partial charge in [-0.2, -0.15) is 0 Å². The van der Waals surface area contributed by atoms with Gasteiger partial charge in [-0.15, -0.1) is 0 Å². The largest absolute Gasteiger partial charge is 0.466 e. The van der Waals surface area contributed by atoms with Crippen LogP contribution in [0, 0.1) is 0 Å².